The Labute approximate surface area is 68.1 Å². The van der Waals surface area contributed by atoms with Crippen LogP contribution in [0.5, 0.6) is 11.6 Å². The van der Waals surface area contributed by atoms with E-state index < -0.39 is 0 Å². The van der Waals surface area contributed by atoms with Crippen molar-refractivity contribution in [2.45, 2.75) is 0 Å². The first-order chi connectivity index (χ1) is 5.79. The molecule has 0 bridgehead atoms. The van der Waals surface area contributed by atoms with Crippen molar-refractivity contribution in [2.75, 3.05) is 0 Å². The molecule has 59 valence electrons. The van der Waals surface area contributed by atoms with E-state index in [0.717, 1.165) is 0 Å². The zero-order valence-electron chi connectivity index (χ0n) is 6.02. The first kappa shape index (κ1) is 6.84. The van der Waals surface area contributed by atoms with Gasteiger partial charge in [0.2, 0.25) is 12.2 Å². The van der Waals surface area contributed by atoms with Crippen molar-refractivity contribution in [1.29, 1.82) is 0 Å². The van der Waals surface area contributed by atoms with Crippen molar-refractivity contribution in [1.82, 2.24) is 9.97 Å². The van der Waals surface area contributed by atoms with Crippen LogP contribution in [-0.4, -0.2) is 20.2 Å². The monoisotopic (exact) mass is 161 g/mol. The number of nitrogens with zero attached hydrogens (tertiary/aromatic N) is 2. The minimum Gasteiger partial charge on any atom is -0.507 e. The van der Waals surface area contributed by atoms with E-state index in [2.05, 4.69) is 16.3 Å². The number of fused-ring (bicyclic) bond motifs is 1. The quantitative estimate of drug-likeness (QED) is 0.600. The van der Waals surface area contributed by atoms with Crippen molar-refractivity contribution >= 4 is 10.9 Å². The fourth-order valence-electron chi connectivity index (χ4n) is 1.03. The van der Waals surface area contributed by atoms with E-state index >= 15 is 0 Å². The summed E-state index contributed by atoms with van der Waals surface area (Å²) in [7, 11) is 0. The molecule has 0 unspecified atom stereocenters. The molecule has 2 N–H and O–H groups in total. The Morgan fingerprint density at radius 3 is 2.75 bits per heavy atom. The van der Waals surface area contributed by atoms with Crippen LogP contribution in [0.3, 0.4) is 0 Å². The number of hydrogen-bond acceptors (Lipinski definition) is 4. The van der Waals surface area contributed by atoms with Crippen LogP contribution >= 0.6 is 0 Å². The molecular weight excluding hydrogens is 156 g/mol. The third-order valence-electron chi connectivity index (χ3n) is 1.57. The molecule has 2 aromatic rings. The van der Waals surface area contributed by atoms with E-state index in [1.165, 1.54) is 6.07 Å². The predicted octanol–water partition coefficient (Wildman–Crippen LogP) is 0.841. The Balaban J connectivity index is 2.96. The Morgan fingerprint density at radius 2 is 2.00 bits per heavy atom. The van der Waals surface area contributed by atoms with E-state index in [1.807, 2.05) is 0 Å². The van der Waals surface area contributed by atoms with Crippen LogP contribution in [0.4, 0.5) is 0 Å². The molecule has 0 aliphatic rings. The molecule has 0 fully saturated rings. The number of phenols is 1. The summed E-state index contributed by atoms with van der Waals surface area (Å²) in [6.07, 6.45) is 2.27. The molecule has 0 atom stereocenters. The van der Waals surface area contributed by atoms with Gasteiger partial charge in [-0.15, -0.1) is 0 Å². The van der Waals surface area contributed by atoms with Gasteiger partial charge in [-0.2, -0.15) is 4.98 Å². The summed E-state index contributed by atoms with van der Waals surface area (Å²) in [6.45, 7) is 0. The highest BCUT2D eigenvalue weighted by Gasteiger charge is 2.05. The van der Waals surface area contributed by atoms with Gasteiger partial charge in [0.1, 0.15) is 11.1 Å². The first-order valence-electron chi connectivity index (χ1n) is 3.34. The van der Waals surface area contributed by atoms with Gasteiger partial charge in [0.05, 0.1) is 5.52 Å². The molecular formula is C8H5N2O2. The lowest BCUT2D eigenvalue weighted by Gasteiger charge is -1.99. The Hall–Kier alpha value is -1.84. The smallest absolute Gasteiger partial charge is 0.226 e. The van der Waals surface area contributed by atoms with E-state index in [9.17, 15) is 10.2 Å². The molecule has 0 aliphatic heterocycles. The minimum atomic E-state index is -0.252. The Bertz CT molecular complexity index is 392. The average Bonchev–Trinajstić information content (AvgIpc) is 2.04. The van der Waals surface area contributed by atoms with Crippen LogP contribution in [0.15, 0.2) is 18.2 Å². The molecule has 0 spiro atoms. The summed E-state index contributed by atoms with van der Waals surface area (Å²) in [5.74, 6) is -0.280. The highest BCUT2D eigenvalue weighted by atomic mass is 16.3. The lowest BCUT2D eigenvalue weighted by Crippen LogP contribution is -1.83. The van der Waals surface area contributed by atoms with Crippen LogP contribution in [0.2, 0.25) is 0 Å². The topological polar surface area (TPSA) is 66.2 Å². The normalized spacial score (nSPS) is 10.3. The maximum atomic E-state index is 9.30. The second-order valence-corrected chi connectivity index (χ2v) is 2.32. The van der Waals surface area contributed by atoms with Gasteiger partial charge in [-0.3, -0.25) is 0 Å². The van der Waals surface area contributed by atoms with E-state index in [0.29, 0.717) is 5.52 Å². The summed E-state index contributed by atoms with van der Waals surface area (Å²) < 4.78 is 0. The van der Waals surface area contributed by atoms with E-state index in [4.69, 9.17) is 0 Å². The SMILES string of the molecule is Oc1cccc2n[c]nc(O)c12. The minimum absolute atomic E-state index is 0.0287. The average molecular weight is 161 g/mol. The summed E-state index contributed by atoms with van der Waals surface area (Å²) >= 11 is 0. The molecule has 4 nitrogen and oxygen atoms in total. The maximum Gasteiger partial charge on any atom is 0.226 e. The number of rotatable bonds is 0. The van der Waals surface area contributed by atoms with Crippen molar-refractivity contribution in [2.24, 2.45) is 0 Å². The molecule has 1 heterocycles. The maximum absolute atomic E-state index is 9.30. The summed E-state index contributed by atoms with van der Waals surface area (Å²) in [5.41, 5.74) is 0.475. The van der Waals surface area contributed by atoms with Gasteiger partial charge < -0.3 is 10.2 Å². The van der Waals surface area contributed by atoms with Crippen molar-refractivity contribution in [3.8, 4) is 11.6 Å². The van der Waals surface area contributed by atoms with Gasteiger partial charge in [0.25, 0.3) is 0 Å². The van der Waals surface area contributed by atoms with Crippen LogP contribution in [0.1, 0.15) is 0 Å². The second kappa shape index (κ2) is 2.34. The number of aromatic hydroxyl groups is 2. The molecule has 0 amide bonds. The number of benzene rings is 1. The lowest BCUT2D eigenvalue weighted by atomic mass is 10.2. The highest BCUT2D eigenvalue weighted by Crippen LogP contribution is 2.28. The predicted molar refractivity (Wildman–Crippen MR) is 41.7 cm³/mol. The largest absolute Gasteiger partial charge is 0.507 e. The zero-order valence-corrected chi connectivity index (χ0v) is 6.02. The number of aromatic nitrogens is 2. The van der Waals surface area contributed by atoms with Crippen molar-refractivity contribution in [3.63, 3.8) is 0 Å². The van der Waals surface area contributed by atoms with Crippen molar-refractivity contribution in [3.05, 3.63) is 24.5 Å². The molecule has 0 saturated heterocycles. The second-order valence-electron chi connectivity index (χ2n) is 2.32. The third-order valence-corrected chi connectivity index (χ3v) is 1.57. The first-order valence-corrected chi connectivity index (χ1v) is 3.34. The van der Waals surface area contributed by atoms with Gasteiger partial charge in [0, 0.05) is 0 Å². The van der Waals surface area contributed by atoms with Gasteiger partial charge in [-0.1, -0.05) is 6.07 Å². The van der Waals surface area contributed by atoms with E-state index in [-0.39, 0.29) is 17.0 Å². The molecule has 1 aromatic heterocycles. The van der Waals surface area contributed by atoms with Crippen LogP contribution in [0.25, 0.3) is 10.9 Å². The Kier molecular flexibility index (Phi) is 1.33. The van der Waals surface area contributed by atoms with E-state index in [1.54, 1.807) is 12.1 Å². The summed E-state index contributed by atoms with van der Waals surface area (Å²) in [6, 6.07) is 4.76. The zero-order chi connectivity index (χ0) is 8.55. The lowest BCUT2D eigenvalue weighted by molar-refractivity contribution is 0.448. The fraction of sp³-hybridized carbons (Fsp3) is 0. The number of hydrogen-bond donors (Lipinski definition) is 2. The van der Waals surface area contributed by atoms with Gasteiger partial charge in [-0.25, -0.2) is 4.98 Å². The van der Waals surface area contributed by atoms with Crippen LogP contribution in [0, 0.1) is 6.33 Å². The summed E-state index contributed by atoms with van der Waals surface area (Å²) in [4.78, 5) is 7.17. The molecule has 1 aromatic carbocycles. The molecule has 0 aliphatic carbocycles. The van der Waals surface area contributed by atoms with Gasteiger partial charge in [0.15, 0.2) is 0 Å². The van der Waals surface area contributed by atoms with Crippen molar-refractivity contribution < 1.29 is 10.2 Å². The molecule has 4 heteroatoms. The highest BCUT2D eigenvalue weighted by molar-refractivity contribution is 5.88. The summed E-state index contributed by atoms with van der Waals surface area (Å²) in [5, 5.41) is 18.8. The third kappa shape index (κ3) is 0.852. The van der Waals surface area contributed by atoms with Crippen LogP contribution < -0.4 is 0 Å². The molecule has 2 rings (SSSR count). The standard InChI is InChI=1S/C8H5N2O2/c11-6-3-1-2-5-7(6)8(12)10-4-9-5/h1-3,11H,(H,9,10,12). The van der Waals surface area contributed by atoms with Crippen LogP contribution in [-0.2, 0) is 0 Å². The number of phenolic OH excluding ortho intramolecular Hbond substituents is 1. The Morgan fingerprint density at radius 1 is 1.17 bits per heavy atom. The molecule has 12 heavy (non-hydrogen) atoms. The molecule has 0 saturated carbocycles. The fourth-order valence-corrected chi connectivity index (χ4v) is 1.03. The molecule has 1 radical (unpaired) electrons. The van der Waals surface area contributed by atoms with Gasteiger partial charge >= 0.3 is 0 Å². The van der Waals surface area contributed by atoms with Gasteiger partial charge in [-0.05, 0) is 12.1 Å².